The first-order chi connectivity index (χ1) is 9.74. The molecule has 3 nitrogen and oxygen atoms in total. The molecule has 1 aromatic carbocycles. The van der Waals surface area contributed by atoms with Crippen LogP contribution in [0.1, 0.15) is 5.56 Å². The third-order valence-corrected chi connectivity index (χ3v) is 5.09. The number of aromatic nitrogens is 3. The van der Waals surface area contributed by atoms with Gasteiger partial charge in [-0.15, -0.1) is 16.4 Å². The smallest absolute Gasteiger partial charge is 0.209 e. The van der Waals surface area contributed by atoms with E-state index in [9.17, 15) is 0 Å². The second-order valence-corrected chi connectivity index (χ2v) is 6.64. The van der Waals surface area contributed by atoms with Crippen LogP contribution in [0.2, 0.25) is 10.0 Å². The maximum atomic E-state index is 6.14. The maximum Gasteiger partial charge on any atom is 0.209 e. The van der Waals surface area contributed by atoms with Crippen LogP contribution in [0.5, 0.6) is 0 Å². The Morgan fingerprint density at radius 1 is 1.15 bits per heavy atom. The SMILES string of the molecule is Clc1cccc(Cl)c1CSc1n[nH]c(-c2cccs2)n1. The van der Waals surface area contributed by atoms with Gasteiger partial charge in [0.15, 0.2) is 5.82 Å². The molecule has 0 atom stereocenters. The molecule has 7 heteroatoms. The van der Waals surface area contributed by atoms with Crippen molar-refractivity contribution >= 4 is 46.3 Å². The second-order valence-electron chi connectivity index (χ2n) is 3.93. The molecular formula is C13H9Cl2N3S2. The van der Waals surface area contributed by atoms with Crippen molar-refractivity contribution in [2.45, 2.75) is 10.9 Å². The molecule has 0 aliphatic heterocycles. The Morgan fingerprint density at radius 3 is 2.65 bits per heavy atom. The van der Waals surface area contributed by atoms with Crippen LogP contribution in [0.4, 0.5) is 0 Å². The summed E-state index contributed by atoms with van der Waals surface area (Å²) in [4.78, 5) is 5.52. The van der Waals surface area contributed by atoms with E-state index in [0.717, 1.165) is 16.3 Å². The van der Waals surface area contributed by atoms with Crippen molar-refractivity contribution in [3.05, 3.63) is 51.3 Å². The van der Waals surface area contributed by atoms with Crippen LogP contribution in [-0.2, 0) is 5.75 Å². The maximum absolute atomic E-state index is 6.14. The molecule has 0 fully saturated rings. The van der Waals surface area contributed by atoms with E-state index < -0.39 is 0 Å². The summed E-state index contributed by atoms with van der Waals surface area (Å²) < 4.78 is 0. The van der Waals surface area contributed by atoms with Gasteiger partial charge in [0.1, 0.15) is 0 Å². The molecule has 0 unspecified atom stereocenters. The Morgan fingerprint density at radius 2 is 1.95 bits per heavy atom. The van der Waals surface area contributed by atoms with Gasteiger partial charge >= 0.3 is 0 Å². The van der Waals surface area contributed by atoms with Gasteiger partial charge in [-0.1, -0.05) is 47.1 Å². The third-order valence-electron chi connectivity index (χ3n) is 2.63. The van der Waals surface area contributed by atoms with E-state index in [1.54, 1.807) is 11.3 Å². The van der Waals surface area contributed by atoms with Gasteiger partial charge in [-0.25, -0.2) is 4.98 Å². The number of H-pyrrole nitrogens is 1. The Hall–Kier alpha value is -1.01. The van der Waals surface area contributed by atoms with Gasteiger partial charge < -0.3 is 0 Å². The molecule has 0 saturated carbocycles. The van der Waals surface area contributed by atoms with Gasteiger partial charge in [0.05, 0.1) is 4.88 Å². The van der Waals surface area contributed by atoms with E-state index in [4.69, 9.17) is 23.2 Å². The summed E-state index contributed by atoms with van der Waals surface area (Å²) in [6, 6.07) is 9.49. The van der Waals surface area contributed by atoms with Crippen molar-refractivity contribution in [2.24, 2.45) is 0 Å². The molecule has 0 spiro atoms. The van der Waals surface area contributed by atoms with E-state index in [1.807, 2.05) is 35.7 Å². The van der Waals surface area contributed by atoms with Crippen LogP contribution in [0.15, 0.2) is 40.9 Å². The minimum absolute atomic E-state index is 0.639. The molecule has 3 rings (SSSR count). The fourth-order valence-electron chi connectivity index (χ4n) is 1.64. The van der Waals surface area contributed by atoms with Gasteiger partial charge in [0.2, 0.25) is 5.16 Å². The van der Waals surface area contributed by atoms with Crippen molar-refractivity contribution in [3.63, 3.8) is 0 Å². The number of benzene rings is 1. The standard InChI is InChI=1S/C13H9Cl2N3S2/c14-9-3-1-4-10(15)8(9)7-20-13-16-12(17-18-13)11-5-2-6-19-11/h1-6H,7H2,(H,16,17,18). The largest absolute Gasteiger partial charge is 0.257 e. The lowest BCUT2D eigenvalue weighted by Crippen LogP contribution is -1.85. The van der Waals surface area contributed by atoms with E-state index in [2.05, 4.69) is 15.2 Å². The topological polar surface area (TPSA) is 41.6 Å². The molecule has 0 aliphatic rings. The van der Waals surface area contributed by atoms with Gasteiger partial charge in [-0.2, -0.15) is 0 Å². The molecule has 0 bridgehead atoms. The third kappa shape index (κ3) is 3.01. The normalized spacial score (nSPS) is 10.9. The van der Waals surface area contributed by atoms with Crippen molar-refractivity contribution in [2.75, 3.05) is 0 Å². The highest BCUT2D eigenvalue weighted by molar-refractivity contribution is 7.98. The van der Waals surface area contributed by atoms with Crippen molar-refractivity contribution in [1.82, 2.24) is 15.2 Å². The van der Waals surface area contributed by atoms with Gasteiger partial charge in [-0.05, 0) is 29.1 Å². The zero-order valence-corrected chi connectivity index (χ0v) is 13.3. The van der Waals surface area contributed by atoms with Crippen LogP contribution in [0, 0.1) is 0 Å². The monoisotopic (exact) mass is 341 g/mol. The number of nitrogens with one attached hydrogen (secondary N) is 1. The molecular weight excluding hydrogens is 333 g/mol. The summed E-state index contributed by atoms with van der Waals surface area (Å²) in [7, 11) is 0. The Kier molecular flexibility index (Phi) is 4.31. The number of nitrogens with zero attached hydrogens (tertiary/aromatic N) is 2. The number of hydrogen-bond acceptors (Lipinski definition) is 4. The quantitative estimate of drug-likeness (QED) is 0.668. The summed E-state index contributed by atoms with van der Waals surface area (Å²) in [6.45, 7) is 0. The van der Waals surface area contributed by atoms with E-state index in [0.29, 0.717) is 21.0 Å². The minimum atomic E-state index is 0.639. The van der Waals surface area contributed by atoms with Crippen LogP contribution in [-0.4, -0.2) is 15.2 Å². The zero-order chi connectivity index (χ0) is 13.9. The molecule has 0 radical (unpaired) electrons. The average molecular weight is 342 g/mol. The fraction of sp³-hybridized carbons (Fsp3) is 0.0769. The first kappa shape index (κ1) is 13.9. The van der Waals surface area contributed by atoms with E-state index in [-0.39, 0.29) is 0 Å². The number of halogens is 2. The van der Waals surface area contributed by atoms with E-state index >= 15 is 0 Å². The van der Waals surface area contributed by atoms with Gasteiger partial charge in [0.25, 0.3) is 0 Å². The van der Waals surface area contributed by atoms with Crippen LogP contribution >= 0.6 is 46.3 Å². The Bertz CT molecular complexity index is 690. The van der Waals surface area contributed by atoms with Gasteiger partial charge in [-0.3, -0.25) is 5.10 Å². The fourth-order valence-corrected chi connectivity index (χ4v) is 3.85. The second kappa shape index (κ2) is 6.18. The highest BCUT2D eigenvalue weighted by Crippen LogP contribution is 2.31. The summed E-state index contributed by atoms with van der Waals surface area (Å²) in [6.07, 6.45) is 0. The lowest BCUT2D eigenvalue weighted by Gasteiger charge is -2.04. The van der Waals surface area contributed by atoms with Crippen LogP contribution in [0.3, 0.4) is 0 Å². The first-order valence-corrected chi connectivity index (χ1v) is 8.38. The van der Waals surface area contributed by atoms with Crippen molar-refractivity contribution < 1.29 is 0 Å². The Balaban J connectivity index is 1.73. The summed E-state index contributed by atoms with van der Waals surface area (Å²) in [5.41, 5.74) is 0.906. The van der Waals surface area contributed by atoms with Gasteiger partial charge in [0, 0.05) is 15.8 Å². The molecule has 3 aromatic rings. The highest BCUT2D eigenvalue weighted by atomic mass is 35.5. The van der Waals surface area contributed by atoms with Crippen LogP contribution < -0.4 is 0 Å². The van der Waals surface area contributed by atoms with E-state index in [1.165, 1.54) is 11.8 Å². The first-order valence-electron chi connectivity index (χ1n) is 5.76. The predicted molar refractivity (Wildman–Crippen MR) is 85.7 cm³/mol. The summed E-state index contributed by atoms with van der Waals surface area (Å²) in [5, 5.41) is 11.2. The predicted octanol–water partition coefficient (Wildman–Crippen LogP) is 5.13. The minimum Gasteiger partial charge on any atom is -0.257 e. The number of thioether (sulfide) groups is 1. The number of rotatable bonds is 4. The van der Waals surface area contributed by atoms with Crippen LogP contribution in [0.25, 0.3) is 10.7 Å². The zero-order valence-electron chi connectivity index (χ0n) is 10.1. The lowest BCUT2D eigenvalue weighted by atomic mass is 10.2. The highest BCUT2D eigenvalue weighted by Gasteiger charge is 2.10. The van der Waals surface area contributed by atoms with Crippen molar-refractivity contribution in [1.29, 1.82) is 0 Å². The molecule has 20 heavy (non-hydrogen) atoms. The summed E-state index contributed by atoms with van der Waals surface area (Å²) >= 11 is 15.4. The molecule has 0 saturated heterocycles. The molecule has 2 heterocycles. The number of thiophene rings is 1. The molecule has 1 N–H and O–H groups in total. The Labute approximate surface area is 134 Å². The van der Waals surface area contributed by atoms with Crippen molar-refractivity contribution in [3.8, 4) is 10.7 Å². The molecule has 2 aromatic heterocycles. The molecule has 102 valence electrons. The number of aromatic amines is 1. The molecule has 0 aliphatic carbocycles. The number of hydrogen-bond donors (Lipinski definition) is 1. The molecule has 0 amide bonds. The summed E-state index contributed by atoms with van der Waals surface area (Å²) in [5.74, 6) is 1.42. The lowest BCUT2D eigenvalue weighted by molar-refractivity contribution is 0.973. The average Bonchev–Trinajstić information content (AvgIpc) is 3.09.